The molecule has 1 N–H and O–H groups in total. The molecule has 2 fully saturated rings. The van der Waals surface area contributed by atoms with Gasteiger partial charge in [0.05, 0.1) is 6.10 Å². The maximum atomic E-state index is 12.1. The molecule has 1 aliphatic carbocycles. The Labute approximate surface area is 170 Å². The molecule has 1 saturated carbocycles. The predicted molar refractivity (Wildman–Crippen MR) is 115 cm³/mol. The summed E-state index contributed by atoms with van der Waals surface area (Å²) in [5.41, 5.74) is 2.65. The number of carbonyl (C=O) groups is 1. The molecule has 1 aromatic carbocycles. The summed E-state index contributed by atoms with van der Waals surface area (Å²) < 4.78 is 5.77. The van der Waals surface area contributed by atoms with Gasteiger partial charge in [0, 0.05) is 44.5 Å². The van der Waals surface area contributed by atoms with Crippen molar-refractivity contribution in [3.63, 3.8) is 0 Å². The fourth-order valence-electron chi connectivity index (χ4n) is 4.24. The molecule has 5 nitrogen and oxygen atoms in total. The lowest BCUT2D eigenvalue weighted by Gasteiger charge is -2.36. The lowest BCUT2D eigenvalue weighted by atomic mass is 9.98. The summed E-state index contributed by atoms with van der Waals surface area (Å²) in [6.07, 6.45) is 7.27. The van der Waals surface area contributed by atoms with E-state index in [-0.39, 0.29) is 18.6 Å². The maximum Gasteiger partial charge on any atom is 0.246 e. The second kappa shape index (κ2) is 10.8. The molecule has 1 amide bonds. The maximum absolute atomic E-state index is 12.1. The molecule has 0 spiro atoms. The average Bonchev–Trinajstić information content (AvgIpc) is 2.72. The minimum Gasteiger partial charge on any atom is -0.369 e. The molecule has 0 bridgehead atoms. The van der Waals surface area contributed by atoms with Gasteiger partial charge in [0.1, 0.15) is 6.61 Å². The van der Waals surface area contributed by atoms with E-state index in [2.05, 4.69) is 53.2 Å². The van der Waals surface area contributed by atoms with E-state index >= 15 is 0 Å². The van der Waals surface area contributed by atoms with Gasteiger partial charge < -0.3 is 15.0 Å². The number of amides is 1. The Morgan fingerprint density at radius 2 is 1.93 bits per heavy atom. The Morgan fingerprint density at radius 3 is 2.64 bits per heavy atom. The second-order valence-corrected chi connectivity index (χ2v) is 8.50. The Balaban J connectivity index is 1.29. The van der Waals surface area contributed by atoms with E-state index < -0.39 is 0 Å². The number of benzene rings is 1. The molecule has 0 unspecified atom stereocenters. The van der Waals surface area contributed by atoms with Gasteiger partial charge in [-0.2, -0.15) is 0 Å². The predicted octanol–water partition coefficient (Wildman–Crippen LogP) is 3.36. The molecule has 2 aliphatic rings. The summed E-state index contributed by atoms with van der Waals surface area (Å²) in [6, 6.07) is 8.95. The van der Waals surface area contributed by atoms with Crippen LogP contribution in [0.1, 0.15) is 51.0 Å². The first-order chi connectivity index (χ1) is 13.6. The Bertz CT molecular complexity index is 608. The van der Waals surface area contributed by atoms with Gasteiger partial charge >= 0.3 is 0 Å². The van der Waals surface area contributed by atoms with Crippen LogP contribution in [0, 0.1) is 6.92 Å². The minimum absolute atomic E-state index is 0.0299. The highest BCUT2D eigenvalue weighted by molar-refractivity contribution is 5.77. The molecule has 1 aromatic rings. The summed E-state index contributed by atoms with van der Waals surface area (Å²) in [6.45, 7) is 9.80. The van der Waals surface area contributed by atoms with Crippen molar-refractivity contribution in [1.29, 1.82) is 0 Å². The van der Waals surface area contributed by atoms with Crippen molar-refractivity contribution in [2.75, 3.05) is 44.2 Å². The van der Waals surface area contributed by atoms with E-state index in [0.29, 0.717) is 6.10 Å². The van der Waals surface area contributed by atoms with E-state index in [4.69, 9.17) is 4.74 Å². The zero-order valence-electron chi connectivity index (χ0n) is 17.7. The number of rotatable bonds is 8. The Kier molecular flexibility index (Phi) is 8.16. The van der Waals surface area contributed by atoms with Crippen LogP contribution < -0.4 is 10.2 Å². The first kappa shape index (κ1) is 21.1. The summed E-state index contributed by atoms with van der Waals surface area (Å²) in [5.74, 6) is 0.0299. The second-order valence-electron chi connectivity index (χ2n) is 8.50. The van der Waals surface area contributed by atoms with Crippen molar-refractivity contribution in [2.24, 2.45) is 0 Å². The lowest BCUT2D eigenvalue weighted by molar-refractivity contribution is -0.129. The number of ether oxygens (including phenoxy) is 1. The summed E-state index contributed by atoms with van der Waals surface area (Å²) >= 11 is 0. The molecule has 156 valence electrons. The topological polar surface area (TPSA) is 44.8 Å². The number of aryl methyl sites for hydroxylation is 1. The molecule has 5 heteroatoms. The van der Waals surface area contributed by atoms with Crippen LogP contribution >= 0.6 is 0 Å². The zero-order chi connectivity index (χ0) is 19.8. The van der Waals surface area contributed by atoms with Crippen LogP contribution in [0.15, 0.2) is 24.3 Å². The Morgan fingerprint density at radius 1 is 1.18 bits per heavy atom. The van der Waals surface area contributed by atoms with Crippen molar-refractivity contribution in [3.8, 4) is 0 Å². The molecule has 1 saturated heterocycles. The third-order valence-corrected chi connectivity index (χ3v) is 6.03. The quantitative estimate of drug-likeness (QED) is 0.743. The fraction of sp³-hybridized carbons (Fsp3) is 0.696. The van der Waals surface area contributed by atoms with Crippen LogP contribution in [0.5, 0.6) is 0 Å². The van der Waals surface area contributed by atoms with Gasteiger partial charge in [-0.3, -0.25) is 9.69 Å². The van der Waals surface area contributed by atoms with Crippen LogP contribution in [0.25, 0.3) is 0 Å². The number of anilines is 1. The van der Waals surface area contributed by atoms with Gasteiger partial charge in [0.25, 0.3) is 0 Å². The van der Waals surface area contributed by atoms with Gasteiger partial charge in [-0.25, -0.2) is 0 Å². The molecule has 0 aromatic heterocycles. The number of piperazine rings is 1. The van der Waals surface area contributed by atoms with Crippen LogP contribution in [0.3, 0.4) is 0 Å². The van der Waals surface area contributed by atoms with Crippen molar-refractivity contribution < 1.29 is 9.53 Å². The SMILES string of the molecule is Cc1cccc(N2CCN(CC[C@H](C)NC(=O)COC3CCCCC3)CC2)c1. The molecule has 0 radical (unpaired) electrons. The van der Waals surface area contributed by atoms with Gasteiger partial charge in [-0.15, -0.1) is 0 Å². The van der Waals surface area contributed by atoms with E-state index in [1.54, 1.807) is 0 Å². The van der Waals surface area contributed by atoms with Crippen LogP contribution in [-0.4, -0.2) is 62.3 Å². The van der Waals surface area contributed by atoms with Crippen LogP contribution in [0.2, 0.25) is 0 Å². The van der Waals surface area contributed by atoms with E-state index in [9.17, 15) is 4.79 Å². The third kappa shape index (κ3) is 6.78. The summed E-state index contributed by atoms with van der Waals surface area (Å²) in [7, 11) is 0. The first-order valence-corrected chi connectivity index (χ1v) is 11.0. The molecular weight excluding hydrogens is 350 g/mol. The number of hydrogen-bond acceptors (Lipinski definition) is 4. The molecule has 3 rings (SSSR count). The monoisotopic (exact) mass is 387 g/mol. The fourth-order valence-corrected chi connectivity index (χ4v) is 4.24. The van der Waals surface area contributed by atoms with E-state index in [1.165, 1.54) is 30.5 Å². The normalized spacial score (nSPS) is 20.1. The highest BCUT2D eigenvalue weighted by atomic mass is 16.5. The van der Waals surface area contributed by atoms with Gasteiger partial charge in [0.2, 0.25) is 5.91 Å². The van der Waals surface area contributed by atoms with Gasteiger partial charge in [-0.05, 0) is 50.8 Å². The van der Waals surface area contributed by atoms with Crippen molar-refractivity contribution >= 4 is 11.6 Å². The van der Waals surface area contributed by atoms with Crippen LogP contribution in [0.4, 0.5) is 5.69 Å². The highest BCUT2D eigenvalue weighted by Gasteiger charge is 2.19. The number of carbonyl (C=O) groups excluding carboxylic acids is 1. The van der Waals surface area contributed by atoms with Gasteiger partial charge in [0.15, 0.2) is 0 Å². The zero-order valence-corrected chi connectivity index (χ0v) is 17.7. The van der Waals surface area contributed by atoms with E-state index in [1.807, 2.05) is 0 Å². The average molecular weight is 388 g/mol. The minimum atomic E-state index is 0.0299. The molecule has 1 heterocycles. The molecule has 28 heavy (non-hydrogen) atoms. The molecule has 1 aliphatic heterocycles. The smallest absolute Gasteiger partial charge is 0.246 e. The Hall–Kier alpha value is -1.59. The summed E-state index contributed by atoms with van der Waals surface area (Å²) in [5, 5.41) is 3.10. The lowest BCUT2D eigenvalue weighted by Crippen LogP contribution is -2.47. The standard InChI is InChI=1S/C23H37N3O2/c1-19-7-6-8-21(17-19)26-15-13-25(14-16-26)12-11-20(2)24-23(27)18-28-22-9-4-3-5-10-22/h6-8,17,20,22H,3-5,9-16,18H2,1-2H3,(H,24,27)/t20-/m0/s1. The van der Waals surface area contributed by atoms with E-state index in [0.717, 1.165) is 52.0 Å². The van der Waals surface area contributed by atoms with Gasteiger partial charge in [-0.1, -0.05) is 31.4 Å². The van der Waals surface area contributed by atoms with Crippen molar-refractivity contribution in [3.05, 3.63) is 29.8 Å². The van der Waals surface area contributed by atoms with Crippen LogP contribution in [-0.2, 0) is 9.53 Å². The third-order valence-electron chi connectivity index (χ3n) is 6.03. The summed E-state index contributed by atoms with van der Waals surface area (Å²) in [4.78, 5) is 17.1. The number of hydrogen-bond donors (Lipinski definition) is 1. The molecule has 1 atom stereocenters. The highest BCUT2D eigenvalue weighted by Crippen LogP contribution is 2.20. The van der Waals surface area contributed by atoms with Crippen molar-refractivity contribution in [1.82, 2.24) is 10.2 Å². The number of nitrogens with one attached hydrogen (secondary N) is 1. The number of nitrogens with zero attached hydrogens (tertiary/aromatic N) is 2. The molecular formula is C23H37N3O2. The first-order valence-electron chi connectivity index (χ1n) is 11.0. The van der Waals surface area contributed by atoms with Crippen molar-refractivity contribution in [2.45, 2.75) is 64.5 Å². The largest absolute Gasteiger partial charge is 0.369 e.